The van der Waals surface area contributed by atoms with E-state index in [-0.39, 0.29) is 58.8 Å². The van der Waals surface area contributed by atoms with E-state index < -0.39 is 0 Å². The fourth-order valence-electron chi connectivity index (χ4n) is 0.407. The molecule has 0 saturated heterocycles. The third kappa shape index (κ3) is 5.12. The van der Waals surface area contributed by atoms with E-state index in [1.54, 1.807) is 12.1 Å². The van der Waals surface area contributed by atoms with Crippen molar-refractivity contribution >= 4 is 5.69 Å². The van der Waals surface area contributed by atoms with Crippen molar-refractivity contribution in [2.45, 2.75) is 0 Å². The van der Waals surface area contributed by atoms with E-state index in [0.29, 0.717) is 5.69 Å². The zero-order valence-corrected chi connectivity index (χ0v) is 9.01. The van der Waals surface area contributed by atoms with E-state index in [2.05, 4.69) is 6.07 Å². The molecule has 2 heteroatoms. The van der Waals surface area contributed by atoms with Gasteiger partial charge in [0.05, 0.1) is 0 Å². The van der Waals surface area contributed by atoms with Gasteiger partial charge in [-0.05, 0) is 0 Å². The van der Waals surface area contributed by atoms with Crippen LogP contribution in [0.2, 0.25) is 0 Å². The number of benzene rings is 1. The Morgan fingerprint density at radius 1 is 1.33 bits per heavy atom. The van der Waals surface area contributed by atoms with Crippen LogP contribution >= 0.6 is 0 Å². The molecule has 9 heavy (non-hydrogen) atoms. The molecule has 0 saturated carbocycles. The molecule has 0 fully saturated rings. The second kappa shape index (κ2) is 6.77. The van der Waals surface area contributed by atoms with Gasteiger partial charge in [-0.3, -0.25) is 0 Å². The first-order chi connectivity index (χ1) is 3.39. The summed E-state index contributed by atoms with van der Waals surface area (Å²) in [5, 5.41) is 0. The predicted molar refractivity (Wildman–Crippen MR) is 36.1 cm³/mol. The van der Waals surface area contributed by atoms with Gasteiger partial charge >= 0.3 is 51.4 Å². The van der Waals surface area contributed by atoms with E-state index in [1.165, 1.54) is 0 Å². The Labute approximate surface area is 99.1 Å². The standard InChI is InChI=1S/C6H6N.CH3.K/c7-6-4-2-1-3-5-6;;/h1-4H,7H2;1H3;/q2*-1;+1. The van der Waals surface area contributed by atoms with Gasteiger partial charge in [-0.15, -0.1) is 6.07 Å². The maximum atomic E-state index is 5.30. The summed E-state index contributed by atoms with van der Waals surface area (Å²) in [6, 6.07) is 10.2. The Kier molecular flexibility index (Phi) is 9.29. The van der Waals surface area contributed by atoms with Gasteiger partial charge in [0.1, 0.15) is 0 Å². The number of hydrogen-bond acceptors (Lipinski definition) is 1. The van der Waals surface area contributed by atoms with E-state index in [1.807, 2.05) is 12.1 Å². The summed E-state index contributed by atoms with van der Waals surface area (Å²) in [5.74, 6) is 0. The summed E-state index contributed by atoms with van der Waals surface area (Å²) in [4.78, 5) is 0. The van der Waals surface area contributed by atoms with Crippen LogP contribution in [-0.2, 0) is 0 Å². The summed E-state index contributed by atoms with van der Waals surface area (Å²) in [7, 11) is 0. The van der Waals surface area contributed by atoms with E-state index in [9.17, 15) is 0 Å². The van der Waals surface area contributed by atoms with Crippen LogP contribution in [0.1, 0.15) is 0 Å². The molecule has 0 unspecified atom stereocenters. The van der Waals surface area contributed by atoms with Gasteiger partial charge < -0.3 is 13.2 Å². The summed E-state index contributed by atoms with van der Waals surface area (Å²) in [6.45, 7) is 0. The number of nitrogen functional groups attached to an aromatic ring is 1. The number of anilines is 1. The number of rotatable bonds is 0. The Bertz CT molecular complexity index is 139. The molecule has 0 aliphatic rings. The van der Waals surface area contributed by atoms with Crippen molar-refractivity contribution in [1.82, 2.24) is 0 Å². The fraction of sp³-hybridized carbons (Fsp3) is 0. The Morgan fingerprint density at radius 3 is 2.22 bits per heavy atom. The Hall–Kier alpha value is 0.656. The third-order valence-corrected chi connectivity index (χ3v) is 0.733. The average molecular weight is 146 g/mol. The van der Waals surface area contributed by atoms with Gasteiger partial charge in [0.15, 0.2) is 0 Å². The molecular weight excluding hydrogens is 137 g/mol. The number of hydrogen-bond donors (Lipinski definition) is 1. The minimum absolute atomic E-state index is 0. The second-order valence-corrected chi connectivity index (χ2v) is 1.32. The van der Waals surface area contributed by atoms with Crippen LogP contribution in [0, 0.1) is 13.5 Å². The molecule has 2 N–H and O–H groups in total. The maximum absolute atomic E-state index is 5.30. The van der Waals surface area contributed by atoms with Crippen molar-refractivity contribution in [3.05, 3.63) is 37.8 Å². The first kappa shape index (κ1) is 12.3. The minimum Gasteiger partial charge on any atom is -0.420 e. The Morgan fingerprint density at radius 2 is 2.00 bits per heavy atom. The number of nitrogens with two attached hydrogens (primary N) is 1. The molecule has 44 valence electrons. The molecule has 1 nitrogen and oxygen atoms in total. The molecule has 0 bridgehead atoms. The molecule has 0 aromatic heterocycles. The van der Waals surface area contributed by atoms with Gasteiger partial charge in [-0.25, -0.2) is 0 Å². The molecule has 0 radical (unpaired) electrons. The molecule has 0 aliphatic heterocycles. The van der Waals surface area contributed by atoms with E-state index in [0.717, 1.165) is 0 Å². The summed E-state index contributed by atoms with van der Waals surface area (Å²) in [5.41, 5.74) is 6.00. The van der Waals surface area contributed by atoms with Crippen molar-refractivity contribution in [2.75, 3.05) is 5.73 Å². The number of para-hydroxylation sites is 1. The maximum Gasteiger partial charge on any atom is 1.00 e. The van der Waals surface area contributed by atoms with Crippen LogP contribution < -0.4 is 57.1 Å². The largest absolute Gasteiger partial charge is 1.00 e. The first-order valence-electron chi connectivity index (χ1n) is 2.12. The van der Waals surface area contributed by atoms with Crippen LogP contribution in [0.4, 0.5) is 5.69 Å². The normalized spacial score (nSPS) is 6.67. The van der Waals surface area contributed by atoms with Crippen molar-refractivity contribution in [3.8, 4) is 0 Å². The van der Waals surface area contributed by atoms with Crippen LogP contribution in [0.15, 0.2) is 24.3 Å². The fourth-order valence-corrected chi connectivity index (χ4v) is 0.407. The van der Waals surface area contributed by atoms with Gasteiger partial charge in [0.25, 0.3) is 0 Å². The Balaban J connectivity index is 0. The van der Waals surface area contributed by atoms with Crippen molar-refractivity contribution < 1.29 is 51.4 Å². The van der Waals surface area contributed by atoms with Crippen LogP contribution in [0.25, 0.3) is 0 Å². The monoisotopic (exact) mass is 146 g/mol. The predicted octanol–water partition coefficient (Wildman–Crippen LogP) is -1.48. The van der Waals surface area contributed by atoms with E-state index in [4.69, 9.17) is 5.73 Å². The molecule has 0 atom stereocenters. The zero-order chi connectivity index (χ0) is 5.11. The van der Waals surface area contributed by atoms with Gasteiger partial charge in [0, 0.05) is 0 Å². The summed E-state index contributed by atoms with van der Waals surface area (Å²) < 4.78 is 0. The third-order valence-electron chi connectivity index (χ3n) is 0.733. The van der Waals surface area contributed by atoms with Gasteiger partial charge in [0.2, 0.25) is 0 Å². The van der Waals surface area contributed by atoms with E-state index >= 15 is 0 Å². The van der Waals surface area contributed by atoms with Gasteiger partial charge in [-0.2, -0.15) is 24.3 Å². The van der Waals surface area contributed by atoms with Crippen molar-refractivity contribution in [2.24, 2.45) is 0 Å². The molecule has 1 rings (SSSR count). The minimum atomic E-state index is 0. The molecular formula is C7H9KN-. The molecule has 1 aromatic carbocycles. The molecule has 1 aromatic rings. The molecule has 0 heterocycles. The van der Waals surface area contributed by atoms with Crippen molar-refractivity contribution in [3.63, 3.8) is 0 Å². The smallest absolute Gasteiger partial charge is 0.420 e. The average Bonchev–Trinajstić information content (AvgIpc) is 1.69. The summed E-state index contributed by atoms with van der Waals surface area (Å²) in [6.07, 6.45) is 0. The van der Waals surface area contributed by atoms with Crippen LogP contribution in [-0.4, -0.2) is 0 Å². The molecule has 0 amide bonds. The van der Waals surface area contributed by atoms with Crippen LogP contribution in [0.3, 0.4) is 0 Å². The first-order valence-corrected chi connectivity index (χ1v) is 2.12. The molecule has 0 spiro atoms. The quantitative estimate of drug-likeness (QED) is 0.270. The van der Waals surface area contributed by atoms with Crippen molar-refractivity contribution in [1.29, 1.82) is 0 Å². The second-order valence-electron chi connectivity index (χ2n) is 1.32. The zero-order valence-electron chi connectivity index (χ0n) is 5.89. The SMILES string of the molecule is Nc1[c-]cccc1.[CH3-].[K+]. The summed E-state index contributed by atoms with van der Waals surface area (Å²) >= 11 is 0. The molecule has 0 aliphatic carbocycles. The van der Waals surface area contributed by atoms with Gasteiger partial charge in [-0.1, -0.05) is 5.69 Å². The topological polar surface area (TPSA) is 26.0 Å². The van der Waals surface area contributed by atoms with Crippen LogP contribution in [0.5, 0.6) is 0 Å².